The third-order valence-corrected chi connectivity index (χ3v) is 5.14. The van der Waals surface area contributed by atoms with E-state index in [-0.39, 0.29) is 24.4 Å². The molecule has 2 amide bonds. The molecule has 1 aromatic carbocycles. The van der Waals surface area contributed by atoms with Crippen LogP contribution in [0.4, 0.5) is 5.69 Å². The summed E-state index contributed by atoms with van der Waals surface area (Å²) < 4.78 is 5.17. The van der Waals surface area contributed by atoms with Crippen molar-refractivity contribution in [2.75, 3.05) is 44.7 Å². The van der Waals surface area contributed by atoms with E-state index in [1.807, 2.05) is 34.1 Å². The van der Waals surface area contributed by atoms with Gasteiger partial charge in [-0.15, -0.1) is 0 Å². The second kappa shape index (κ2) is 7.87. The summed E-state index contributed by atoms with van der Waals surface area (Å²) in [5.41, 5.74) is 0.875. The van der Waals surface area contributed by atoms with Gasteiger partial charge in [0, 0.05) is 31.4 Å². The summed E-state index contributed by atoms with van der Waals surface area (Å²) in [5, 5.41) is 0. The highest BCUT2D eigenvalue weighted by molar-refractivity contribution is 5.96. The molecule has 0 radical (unpaired) electrons. The van der Waals surface area contributed by atoms with Gasteiger partial charge < -0.3 is 14.5 Å². The number of ether oxygens (including phenoxy) is 1. The van der Waals surface area contributed by atoms with Crippen molar-refractivity contribution in [2.45, 2.75) is 32.2 Å². The number of anilines is 1. The van der Waals surface area contributed by atoms with E-state index in [4.69, 9.17) is 4.74 Å². The first kappa shape index (κ1) is 17.7. The molecule has 6 heteroatoms. The molecule has 3 rings (SSSR count). The summed E-state index contributed by atoms with van der Waals surface area (Å²) in [6.45, 7) is 5.00. The predicted molar refractivity (Wildman–Crippen MR) is 96.8 cm³/mol. The van der Waals surface area contributed by atoms with Crippen molar-refractivity contribution in [1.82, 2.24) is 9.80 Å². The number of piperidine rings is 1. The van der Waals surface area contributed by atoms with Crippen LogP contribution in [0.2, 0.25) is 0 Å². The minimum atomic E-state index is 0.0368. The normalized spacial score (nSPS) is 22.2. The molecule has 1 unspecified atom stereocenters. The molecule has 2 aliphatic heterocycles. The van der Waals surface area contributed by atoms with E-state index in [9.17, 15) is 9.59 Å². The maximum atomic E-state index is 12.6. The molecule has 2 heterocycles. The Kier molecular flexibility index (Phi) is 5.58. The van der Waals surface area contributed by atoms with Crippen LogP contribution in [0, 0.1) is 0 Å². The van der Waals surface area contributed by atoms with Crippen LogP contribution in [-0.4, -0.2) is 67.5 Å². The SMILES string of the molecule is COc1ccc(N2CC(C)N(CC(=O)N3CCCCC3)CC2=O)cc1. The van der Waals surface area contributed by atoms with Crippen molar-refractivity contribution in [1.29, 1.82) is 0 Å². The summed E-state index contributed by atoms with van der Waals surface area (Å²) in [4.78, 5) is 30.8. The van der Waals surface area contributed by atoms with Crippen LogP contribution in [0.3, 0.4) is 0 Å². The first-order chi connectivity index (χ1) is 12.1. The average Bonchev–Trinajstić information content (AvgIpc) is 2.65. The van der Waals surface area contributed by atoms with Gasteiger partial charge in [-0.05, 0) is 50.5 Å². The number of hydrogen-bond acceptors (Lipinski definition) is 4. The Morgan fingerprint density at radius 3 is 2.48 bits per heavy atom. The number of rotatable bonds is 4. The van der Waals surface area contributed by atoms with Gasteiger partial charge >= 0.3 is 0 Å². The van der Waals surface area contributed by atoms with E-state index >= 15 is 0 Å². The molecule has 0 bridgehead atoms. The van der Waals surface area contributed by atoms with Gasteiger partial charge in [0.2, 0.25) is 11.8 Å². The lowest BCUT2D eigenvalue weighted by molar-refractivity contribution is -0.135. The van der Waals surface area contributed by atoms with Gasteiger partial charge in [-0.3, -0.25) is 14.5 Å². The lowest BCUT2D eigenvalue weighted by atomic mass is 10.1. The zero-order chi connectivity index (χ0) is 17.8. The molecule has 2 aliphatic rings. The predicted octanol–water partition coefficient (Wildman–Crippen LogP) is 1.74. The van der Waals surface area contributed by atoms with Gasteiger partial charge in [-0.2, -0.15) is 0 Å². The fraction of sp³-hybridized carbons (Fsp3) is 0.579. The molecule has 0 N–H and O–H groups in total. The van der Waals surface area contributed by atoms with Crippen molar-refractivity contribution < 1.29 is 14.3 Å². The van der Waals surface area contributed by atoms with Crippen molar-refractivity contribution >= 4 is 17.5 Å². The molecule has 2 saturated heterocycles. The molecule has 0 saturated carbocycles. The molecule has 136 valence electrons. The van der Waals surface area contributed by atoms with Crippen molar-refractivity contribution in [3.63, 3.8) is 0 Å². The van der Waals surface area contributed by atoms with E-state index in [1.54, 1.807) is 12.0 Å². The van der Waals surface area contributed by atoms with Gasteiger partial charge in [-0.1, -0.05) is 0 Å². The highest BCUT2D eigenvalue weighted by Crippen LogP contribution is 2.23. The topological polar surface area (TPSA) is 53.1 Å². The molecule has 6 nitrogen and oxygen atoms in total. The molecule has 1 atom stereocenters. The van der Waals surface area contributed by atoms with E-state index in [1.165, 1.54) is 6.42 Å². The third-order valence-electron chi connectivity index (χ3n) is 5.14. The Balaban J connectivity index is 1.61. The second-order valence-electron chi connectivity index (χ2n) is 6.90. The Bertz CT molecular complexity index is 611. The lowest BCUT2D eigenvalue weighted by Crippen LogP contribution is -2.57. The standard InChI is InChI=1S/C19H27N3O3/c1-15-12-22(16-6-8-17(25-2)9-7-16)19(24)14-21(15)13-18(23)20-10-4-3-5-11-20/h6-9,15H,3-5,10-14H2,1-2H3. The maximum Gasteiger partial charge on any atom is 0.241 e. The maximum absolute atomic E-state index is 12.6. The Labute approximate surface area is 149 Å². The van der Waals surface area contributed by atoms with Crippen LogP contribution < -0.4 is 9.64 Å². The van der Waals surface area contributed by atoms with Crippen LogP contribution in [0.1, 0.15) is 26.2 Å². The zero-order valence-corrected chi connectivity index (χ0v) is 15.1. The van der Waals surface area contributed by atoms with Gasteiger partial charge in [0.15, 0.2) is 0 Å². The average molecular weight is 345 g/mol. The van der Waals surface area contributed by atoms with Crippen LogP contribution in [0.15, 0.2) is 24.3 Å². The fourth-order valence-electron chi connectivity index (χ4n) is 3.54. The number of carbonyl (C=O) groups is 2. The van der Waals surface area contributed by atoms with Gasteiger partial charge in [0.1, 0.15) is 5.75 Å². The first-order valence-electron chi connectivity index (χ1n) is 9.04. The summed E-state index contributed by atoms with van der Waals surface area (Å²) >= 11 is 0. The van der Waals surface area contributed by atoms with E-state index < -0.39 is 0 Å². The van der Waals surface area contributed by atoms with Crippen molar-refractivity contribution in [3.05, 3.63) is 24.3 Å². The van der Waals surface area contributed by atoms with Gasteiger partial charge in [0.05, 0.1) is 20.2 Å². The van der Waals surface area contributed by atoms with E-state index in [2.05, 4.69) is 6.92 Å². The molecule has 2 fully saturated rings. The van der Waals surface area contributed by atoms with Crippen molar-refractivity contribution in [2.24, 2.45) is 0 Å². The molecule has 0 spiro atoms. The molecule has 0 aromatic heterocycles. The minimum Gasteiger partial charge on any atom is -0.497 e. The second-order valence-corrected chi connectivity index (χ2v) is 6.90. The molecular formula is C19H27N3O3. The summed E-state index contributed by atoms with van der Waals surface area (Å²) in [6, 6.07) is 7.67. The Morgan fingerprint density at radius 2 is 1.84 bits per heavy atom. The number of amides is 2. The quantitative estimate of drug-likeness (QED) is 0.834. The number of benzene rings is 1. The highest BCUT2D eigenvalue weighted by atomic mass is 16.5. The largest absolute Gasteiger partial charge is 0.497 e. The van der Waals surface area contributed by atoms with Crippen LogP contribution in [0.25, 0.3) is 0 Å². The molecule has 0 aliphatic carbocycles. The van der Waals surface area contributed by atoms with E-state index in [0.717, 1.165) is 37.4 Å². The Hall–Kier alpha value is -2.08. The van der Waals surface area contributed by atoms with Crippen molar-refractivity contribution in [3.8, 4) is 5.75 Å². The minimum absolute atomic E-state index is 0.0368. The van der Waals surface area contributed by atoms with Gasteiger partial charge in [-0.25, -0.2) is 0 Å². The number of carbonyl (C=O) groups excluding carboxylic acids is 2. The molecular weight excluding hydrogens is 318 g/mol. The number of hydrogen-bond donors (Lipinski definition) is 0. The summed E-state index contributed by atoms with van der Waals surface area (Å²) in [7, 11) is 1.63. The lowest BCUT2D eigenvalue weighted by Gasteiger charge is -2.40. The number of likely N-dealkylation sites (tertiary alicyclic amines) is 1. The molecule has 25 heavy (non-hydrogen) atoms. The third kappa shape index (κ3) is 4.12. The molecule has 1 aromatic rings. The smallest absolute Gasteiger partial charge is 0.241 e. The zero-order valence-electron chi connectivity index (χ0n) is 15.1. The Morgan fingerprint density at radius 1 is 1.16 bits per heavy atom. The number of nitrogens with zero attached hydrogens (tertiary/aromatic N) is 3. The fourth-order valence-corrected chi connectivity index (χ4v) is 3.54. The monoisotopic (exact) mass is 345 g/mol. The van der Waals surface area contributed by atoms with Crippen LogP contribution >= 0.6 is 0 Å². The van der Waals surface area contributed by atoms with Crippen LogP contribution in [-0.2, 0) is 9.59 Å². The summed E-state index contributed by atoms with van der Waals surface area (Å²) in [5.74, 6) is 0.960. The first-order valence-corrected chi connectivity index (χ1v) is 9.04. The van der Waals surface area contributed by atoms with Gasteiger partial charge in [0.25, 0.3) is 0 Å². The van der Waals surface area contributed by atoms with E-state index in [0.29, 0.717) is 13.1 Å². The summed E-state index contributed by atoms with van der Waals surface area (Å²) in [6.07, 6.45) is 3.39. The van der Waals surface area contributed by atoms with Crippen LogP contribution in [0.5, 0.6) is 5.75 Å². The number of methoxy groups -OCH3 is 1. The highest BCUT2D eigenvalue weighted by Gasteiger charge is 2.32. The number of piperazine rings is 1.